The first kappa shape index (κ1) is 17.8. The van der Waals surface area contributed by atoms with E-state index in [1.54, 1.807) is 6.92 Å². The Balaban J connectivity index is 3.24. The summed E-state index contributed by atoms with van der Waals surface area (Å²) in [5, 5.41) is 8.85. The summed E-state index contributed by atoms with van der Waals surface area (Å²) in [6, 6.07) is 0. The molecule has 0 aliphatic carbocycles. The standard InChI is InChI=1S/C15H29ClO2/c1-3-4-5-6-7-8-9-10-11-12-13-15(2,16)14(17)18/h3-13H2,1-2H3,(H,17,18). The number of hydrogen-bond acceptors (Lipinski definition) is 1. The summed E-state index contributed by atoms with van der Waals surface area (Å²) in [6.07, 6.45) is 13.2. The molecule has 108 valence electrons. The first-order valence-corrected chi connectivity index (χ1v) is 7.81. The highest BCUT2D eigenvalue weighted by molar-refractivity contribution is 6.33. The van der Waals surface area contributed by atoms with Gasteiger partial charge in [-0.2, -0.15) is 0 Å². The maximum absolute atomic E-state index is 10.8. The number of rotatable bonds is 12. The summed E-state index contributed by atoms with van der Waals surface area (Å²) in [4.78, 5) is 9.71. The van der Waals surface area contributed by atoms with E-state index in [-0.39, 0.29) is 0 Å². The van der Waals surface area contributed by atoms with Crippen molar-refractivity contribution in [2.45, 2.75) is 89.4 Å². The minimum atomic E-state index is -1.07. The van der Waals surface area contributed by atoms with Crippen LogP contribution < -0.4 is 0 Å². The lowest BCUT2D eigenvalue weighted by molar-refractivity contribution is -0.139. The molecule has 0 saturated carbocycles. The second-order valence-corrected chi connectivity index (χ2v) is 6.27. The van der Waals surface area contributed by atoms with Crippen molar-refractivity contribution in [2.75, 3.05) is 0 Å². The largest absolute Gasteiger partial charge is 0.480 e. The summed E-state index contributed by atoms with van der Waals surface area (Å²) in [6.45, 7) is 3.83. The van der Waals surface area contributed by atoms with Crippen LogP contribution in [0.25, 0.3) is 0 Å². The van der Waals surface area contributed by atoms with Crippen LogP contribution in [0.4, 0.5) is 0 Å². The van der Waals surface area contributed by atoms with Gasteiger partial charge in [0.15, 0.2) is 0 Å². The number of carbonyl (C=O) groups is 1. The van der Waals surface area contributed by atoms with Crippen molar-refractivity contribution in [2.24, 2.45) is 0 Å². The van der Waals surface area contributed by atoms with Crippen LogP contribution in [0.1, 0.15) is 84.5 Å². The second-order valence-electron chi connectivity index (χ2n) is 5.43. The van der Waals surface area contributed by atoms with E-state index >= 15 is 0 Å². The zero-order valence-corrected chi connectivity index (χ0v) is 12.8. The van der Waals surface area contributed by atoms with Gasteiger partial charge in [-0.25, -0.2) is 0 Å². The summed E-state index contributed by atoms with van der Waals surface area (Å²) >= 11 is 5.88. The second kappa shape index (κ2) is 10.7. The monoisotopic (exact) mass is 276 g/mol. The van der Waals surface area contributed by atoms with Gasteiger partial charge in [0.1, 0.15) is 4.87 Å². The molecule has 0 bridgehead atoms. The van der Waals surface area contributed by atoms with Crippen LogP contribution in [0.2, 0.25) is 0 Å². The molecule has 0 amide bonds. The predicted molar refractivity (Wildman–Crippen MR) is 78.4 cm³/mol. The average Bonchev–Trinajstić information content (AvgIpc) is 2.31. The number of alkyl halides is 1. The van der Waals surface area contributed by atoms with Gasteiger partial charge in [0.25, 0.3) is 0 Å². The van der Waals surface area contributed by atoms with E-state index in [4.69, 9.17) is 16.7 Å². The zero-order valence-electron chi connectivity index (χ0n) is 12.0. The molecule has 1 N–H and O–H groups in total. The molecule has 0 aliphatic heterocycles. The number of unbranched alkanes of at least 4 members (excludes halogenated alkanes) is 9. The van der Waals surface area contributed by atoms with Gasteiger partial charge in [-0.05, 0) is 13.3 Å². The quantitative estimate of drug-likeness (QED) is 0.384. The van der Waals surface area contributed by atoms with Crippen LogP contribution in [-0.2, 0) is 4.79 Å². The highest BCUT2D eigenvalue weighted by Gasteiger charge is 2.29. The SMILES string of the molecule is CCCCCCCCCCCCC(C)(Cl)C(=O)O. The third kappa shape index (κ3) is 9.76. The van der Waals surface area contributed by atoms with Crippen molar-refractivity contribution in [3.63, 3.8) is 0 Å². The molecule has 18 heavy (non-hydrogen) atoms. The zero-order chi connectivity index (χ0) is 13.9. The fourth-order valence-electron chi connectivity index (χ4n) is 2.05. The molecule has 0 aromatic rings. The van der Waals surface area contributed by atoms with Crippen molar-refractivity contribution in [3.05, 3.63) is 0 Å². The van der Waals surface area contributed by atoms with Crippen molar-refractivity contribution < 1.29 is 9.90 Å². The highest BCUT2D eigenvalue weighted by Crippen LogP contribution is 2.23. The normalized spacial score (nSPS) is 14.4. The smallest absolute Gasteiger partial charge is 0.324 e. The summed E-state index contributed by atoms with van der Waals surface area (Å²) in [5.41, 5.74) is 0. The fraction of sp³-hybridized carbons (Fsp3) is 0.933. The summed E-state index contributed by atoms with van der Waals surface area (Å²) in [5.74, 6) is -0.903. The van der Waals surface area contributed by atoms with Gasteiger partial charge in [0.2, 0.25) is 0 Å². The molecule has 0 aromatic heterocycles. The minimum absolute atomic E-state index is 0.570. The van der Waals surface area contributed by atoms with Gasteiger partial charge in [-0.15, -0.1) is 11.6 Å². The van der Waals surface area contributed by atoms with E-state index in [1.807, 2.05) is 0 Å². The number of hydrogen-bond donors (Lipinski definition) is 1. The molecule has 0 rings (SSSR count). The first-order valence-electron chi connectivity index (χ1n) is 7.43. The number of carboxylic acids is 1. The fourth-order valence-corrected chi connectivity index (χ4v) is 2.18. The van der Waals surface area contributed by atoms with E-state index < -0.39 is 10.8 Å². The molecule has 0 aliphatic rings. The molecule has 0 heterocycles. The van der Waals surface area contributed by atoms with Crippen LogP contribution in [0.3, 0.4) is 0 Å². The molecular weight excluding hydrogens is 248 g/mol. The lowest BCUT2D eigenvalue weighted by Crippen LogP contribution is -2.28. The predicted octanol–water partition coefficient (Wildman–Crippen LogP) is 5.38. The van der Waals surface area contributed by atoms with Crippen molar-refractivity contribution in [3.8, 4) is 0 Å². The molecule has 1 unspecified atom stereocenters. The number of carboxylic acid groups (broad SMARTS) is 1. The van der Waals surface area contributed by atoms with Gasteiger partial charge >= 0.3 is 5.97 Å². The van der Waals surface area contributed by atoms with Crippen LogP contribution in [0.15, 0.2) is 0 Å². The van der Waals surface area contributed by atoms with E-state index in [9.17, 15) is 4.79 Å². The highest BCUT2D eigenvalue weighted by atomic mass is 35.5. The molecule has 0 spiro atoms. The van der Waals surface area contributed by atoms with Crippen LogP contribution >= 0.6 is 11.6 Å². The molecule has 0 aromatic carbocycles. The van der Waals surface area contributed by atoms with E-state index in [2.05, 4.69) is 6.92 Å². The summed E-state index contributed by atoms with van der Waals surface area (Å²) in [7, 11) is 0. The lowest BCUT2D eigenvalue weighted by Gasteiger charge is -2.15. The lowest BCUT2D eigenvalue weighted by atomic mass is 10.0. The van der Waals surface area contributed by atoms with Crippen molar-refractivity contribution in [1.29, 1.82) is 0 Å². The minimum Gasteiger partial charge on any atom is -0.480 e. The van der Waals surface area contributed by atoms with Crippen LogP contribution in [0.5, 0.6) is 0 Å². The van der Waals surface area contributed by atoms with Gasteiger partial charge in [0, 0.05) is 0 Å². The van der Waals surface area contributed by atoms with Crippen LogP contribution in [0, 0.1) is 0 Å². The molecule has 0 fully saturated rings. The topological polar surface area (TPSA) is 37.3 Å². The maximum atomic E-state index is 10.8. The van der Waals surface area contributed by atoms with E-state index in [0.717, 1.165) is 12.8 Å². The Morgan fingerprint density at radius 1 is 0.944 bits per heavy atom. The Kier molecular flexibility index (Phi) is 10.5. The summed E-state index contributed by atoms with van der Waals surface area (Å²) < 4.78 is 0. The van der Waals surface area contributed by atoms with Crippen molar-refractivity contribution >= 4 is 17.6 Å². The average molecular weight is 277 g/mol. The Labute approximate surface area is 117 Å². The Morgan fingerprint density at radius 3 is 1.72 bits per heavy atom. The van der Waals surface area contributed by atoms with Crippen molar-refractivity contribution in [1.82, 2.24) is 0 Å². The van der Waals surface area contributed by atoms with Gasteiger partial charge in [-0.3, -0.25) is 4.79 Å². The van der Waals surface area contributed by atoms with Gasteiger partial charge in [-0.1, -0.05) is 71.1 Å². The Morgan fingerprint density at radius 2 is 1.33 bits per heavy atom. The maximum Gasteiger partial charge on any atom is 0.324 e. The molecular formula is C15H29ClO2. The molecule has 0 saturated heterocycles. The third-order valence-electron chi connectivity index (χ3n) is 3.45. The number of halogens is 1. The van der Waals surface area contributed by atoms with Crippen LogP contribution in [-0.4, -0.2) is 16.0 Å². The number of aliphatic carboxylic acids is 1. The first-order chi connectivity index (χ1) is 8.50. The molecule has 1 atom stereocenters. The Bertz CT molecular complexity index is 215. The van der Waals surface area contributed by atoms with Gasteiger partial charge in [0.05, 0.1) is 0 Å². The molecule has 0 radical (unpaired) electrons. The third-order valence-corrected chi connectivity index (χ3v) is 3.80. The van der Waals surface area contributed by atoms with E-state index in [0.29, 0.717) is 6.42 Å². The molecule has 2 nitrogen and oxygen atoms in total. The Hall–Kier alpha value is -0.240. The molecule has 3 heteroatoms. The van der Waals surface area contributed by atoms with E-state index in [1.165, 1.54) is 51.4 Å². The van der Waals surface area contributed by atoms with Gasteiger partial charge < -0.3 is 5.11 Å².